The Bertz CT molecular complexity index is 107. The molecular formula is C2BClF4. The van der Waals surface area contributed by atoms with E-state index in [0.29, 0.717) is 0 Å². The molecule has 6 heteroatoms. The van der Waals surface area contributed by atoms with Crippen molar-refractivity contribution in [1.29, 1.82) is 0 Å². The molecule has 0 saturated heterocycles. The quantitative estimate of drug-likeness (QED) is 0.393. The van der Waals surface area contributed by atoms with Crippen LogP contribution in [0.5, 0.6) is 0 Å². The van der Waals surface area contributed by atoms with E-state index >= 15 is 0 Å². The number of halogens is 5. The number of hydrogen-bond acceptors (Lipinski definition) is 0. The predicted molar refractivity (Wildman–Crippen MR) is 23.1 cm³/mol. The Labute approximate surface area is 48.3 Å². The van der Waals surface area contributed by atoms with Gasteiger partial charge in [-0.1, -0.05) is 11.6 Å². The third-order valence-corrected chi connectivity index (χ3v) is 0.680. The molecule has 0 heterocycles. The summed E-state index contributed by atoms with van der Waals surface area (Å²) in [7, 11) is -3.26. The highest BCUT2D eigenvalue weighted by Gasteiger charge is 2.22. The van der Waals surface area contributed by atoms with E-state index in [4.69, 9.17) is 0 Å². The molecule has 0 aromatic carbocycles. The van der Waals surface area contributed by atoms with E-state index in [0.717, 1.165) is 0 Å². The van der Waals surface area contributed by atoms with Crippen LogP contribution in [0.3, 0.4) is 0 Å². The van der Waals surface area contributed by atoms with Crippen LogP contribution in [0.1, 0.15) is 0 Å². The minimum absolute atomic E-state index is 1.68. The third-order valence-electron chi connectivity index (χ3n) is 0.372. The molecule has 0 bridgehead atoms. The summed E-state index contributed by atoms with van der Waals surface area (Å²) in [5.74, 6) is 0. The smallest absolute Gasteiger partial charge is 0.280 e. The first-order valence-electron chi connectivity index (χ1n) is 1.54. The molecule has 0 unspecified atom stereocenters. The van der Waals surface area contributed by atoms with Crippen LogP contribution in [0.2, 0.25) is 0 Å². The van der Waals surface area contributed by atoms with E-state index < -0.39 is 18.3 Å². The first-order valence-corrected chi connectivity index (χ1v) is 1.92. The molecule has 0 radical (unpaired) electrons. The molecule has 0 fully saturated rings. The second-order valence-corrected chi connectivity index (χ2v) is 1.32. The summed E-state index contributed by atoms with van der Waals surface area (Å²) >= 11 is 4.33. The monoisotopic (exact) mass is 146 g/mol. The van der Waals surface area contributed by atoms with Crippen LogP contribution in [-0.4, -0.2) is 7.27 Å². The summed E-state index contributed by atoms with van der Waals surface area (Å²) < 4.78 is 43.9. The number of hydrogen-bond donors (Lipinski definition) is 0. The third kappa shape index (κ3) is 2.21. The standard InChI is InChI=1S/C2BClF4/c4-1(2(5)6)3(7)8. The predicted octanol–water partition coefficient (Wildman–Crippen LogP) is 2.30. The first kappa shape index (κ1) is 7.81. The average molecular weight is 146 g/mol. The lowest BCUT2D eigenvalue weighted by molar-refractivity contribution is 0.419. The van der Waals surface area contributed by atoms with Crippen LogP contribution in [-0.2, 0) is 0 Å². The Hall–Kier alpha value is -0.185. The van der Waals surface area contributed by atoms with Crippen molar-refractivity contribution in [3.8, 4) is 0 Å². The molecule has 8 heavy (non-hydrogen) atoms. The maximum atomic E-state index is 11.0. The molecule has 0 nitrogen and oxygen atoms in total. The zero-order chi connectivity index (χ0) is 6.73. The minimum atomic E-state index is -3.26. The van der Waals surface area contributed by atoms with Crippen LogP contribution in [0.15, 0.2) is 11.0 Å². The van der Waals surface area contributed by atoms with Crippen molar-refractivity contribution in [2.45, 2.75) is 0 Å². The van der Waals surface area contributed by atoms with Crippen molar-refractivity contribution < 1.29 is 17.4 Å². The largest absolute Gasteiger partial charge is 0.588 e. The topological polar surface area (TPSA) is 0 Å². The molecular weight excluding hydrogens is 146 g/mol. The summed E-state index contributed by atoms with van der Waals surface area (Å²) in [6, 6.07) is 0. The van der Waals surface area contributed by atoms with Gasteiger partial charge in [0, 0.05) is 0 Å². The van der Waals surface area contributed by atoms with Gasteiger partial charge in [-0.15, -0.1) is 0 Å². The molecule has 0 amide bonds. The van der Waals surface area contributed by atoms with Gasteiger partial charge in [0.05, 0.1) is 0 Å². The fraction of sp³-hybridized carbons (Fsp3) is 0. The Morgan fingerprint density at radius 1 is 1.25 bits per heavy atom. The normalized spacial score (nSPS) is 8.62. The molecule has 0 aliphatic carbocycles. The Kier molecular flexibility index (Phi) is 2.90. The second kappa shape index (κ2) is 2.97. The minimum Gasteiger partial charge on any atom is -0.280 e. The molecule has 0 aromatic rings. The SMILES string of the molecule is FB(F)C(Cl)=C(F)F. The molecule has 46 valence electrons. The Morgan fingerprint density at radius 2 is 1.62 bits per heavy atom. The first-order chi connectivity index (χ1) is 3.55. The summed E-state index contributed by atoms with van der Waals surface area (Å²) in [6.45, 7) is 0. The van der Waals surface area contributed by atoms with Gasteiger partial charge >= 0.3 is 7.27 Å². The fourth-order valence-corrected chi connectivity index (χ4v) is 0.0825. The van der Waals surface area contributed by atoms with Gasteiger partial charge in [-0.05, 0) is 0 Å². The van der Waals surface area contributed by atoms with Gasteiger partial charge in [-0.25, -0.2) is 0 Å². The second-order valence-electron chi connectivity index (χ2n) is 0.909. The van der Waals surface area contributed by atoms with Gasteiger partial charge in [-0.2, -0.15) is 8.78 Å². The van der Waals surface area contributed by atoms with E-state index in [1.807, 2.05) is 0 Å². The van der Waals surface area contributed by atoms with E-state index in [2.05, 4.69) is 11.6 Å². The zero-order valence-corrected chi connectivity index (χ0v) is 4.22. The summed E-state index contributed by atoms with van der Waals surface area (Å²) in [6.07, 6.45) is -2.53. The van der Waals surface area contributed by atoms with E-state index in [9.17, 15) is 17.4 Å². The lowest BCUT2D eigenvalue weighted by Crippen LogP contribution is -1.96. The van der Waals surface area contributed by atoms with Gasteiger partial charge < -0.3 is 0 Å². The van der Waals surface area contributed by atoms with Crippen LogP contribution in [0.4, 0.5) is 17.4 Å². The van der Waals surface area contributed by atoms with Crippen molar-refractivity contribution in [2.24, 2.45) is 0 Å². The average Bonchev–Trinajstić information content (AvgIpc) is 1.64. The van der Waals surface area contributed by atoms with Crippen molar-refractivity contribution in [3.63, 3.8) is 0 Å². The molecule has 0 rings (SSSR count). The van der Waals surface area contributed by atoms with Gasteiger partial charge in [0.1, 0.15) is 4.93 Å². The van der Waals surface area contributed by atoms with Crippen LogP contribution in [0.25, 0.3) is 0 Å². The molecule has 0 atom stereocenters. The van der Waals surface area contributed by atoms with E-state index in [1.54, 1.807) is 0 Å². The molecule has 0 aromatic heterocycles. The van der Waals surface area contributed by atoms with Crippen LogP contribution < -0.4 is 0 Å². The highest BCUT2D eigenvalue weighted by atomic mass is 35.5. The maximum Gasteiger partial charge on any atom is 0.588 e. The van der Waals surface area contributed by atoms with E-state index in [1.165, 1.54) is 0 Å². The highest BCUT2D eigenvalue weighted by molar-refractivity contribution is 6.68. The van der Waals surface area contributed by atoms with Crippen molar-refractivity contribution >= 4 is 18.9 Å². The van der Waals surface area contributed by atoms with Crippen LogP contribution in [0, 0.1) is 0 Å². The lowest BCUT2D eigenvalue weighted by atomic mass is 10.00. The van der Waals surface area contributed by atoms with Crippen molar-refractivity contribution in [2.75, 3.05) is 0 Å². The molecule has 0 aliphatic rings. The lowest BCUT2D eigenvalue weighted by Gasteiger charge is -1.84. The Balaban J connectivity index is 4.00. The number of rotatable bonds is 1. The van der Waals surface area contributed by atoms with E-state index in [-0.39, 0.29) is 0 Å². The Morgan fingerprint density at radius 3 is 1.62 bits per heavy atom. The van der Waals surface area contributed by atoms with Crippen molar-refractivity contribution in [1.82, 2.24) is 0 Å². The molecule has 0 spiro atoms. The van der Waals surface area contributed by atoms with Gasteiger partial charge in [-0.3, -0.25) is 8.63 Å². The summed E-state index contributed by atoms with van der Waals surface area (Å²) in [4.78, 5) is -1.68. The fourth-order valence-electron chi connectivity index (χ4n) is 0.0825. The molecule has 0 saturated carbocycles. The summed E-state index contributed by atoms with van der Waals surface area (Å²) in [5.41, 5.74) is 0. The van der Waals surface area contributed by atoms with Gasteiger partial charge in [0.25, 0.3) is 6.08 Å². The molecule has 0 N–H and O–H groups in total. The maximum absolute atomic E-state index is 11.0. The van der Waals surface area contributed by atoms with Gasteiger partial charge in [0.15, 0.2) is 0 Å². The van der Waals surface area contributed by atoms with Crippen LogP contribution >= 0.6 is 11.6 Å². The zero-order valence-electron chi connectivity index (χ0n) is 3.47. The van der Waals surface area contributed by atoms with Crippen molar-refractivity contribution in [3.05, 3.63) is 11.0 Å². The molecule has 0 aliphatic heterocycles. The highest BCUT2D eigenvalue weighted by Crippen LogP contribution is 2.16. The van der Waals surface area contributed by atoms with Gasteiger partial charge in [0.2, 0.25) is 0 Å². The summed E-state index contributed by atoms with van der Waals surface area (Å²) in [5, 5.41) is 0.